The van der Waals surface area contributed by atoms with Crippen molar-refractivity contribution in [2.75, 3.05) is 5.32 Å². The molecule has 1 amide bonds. The minimum absolute atomic E-state index is 0.0805. The number of nitrogens with zero attached hydrogens (tertiary/aromatic N) is 4. The molecule has 7 nitrogen and oxygen atoms in total. The fourth-order valence-electron chi connectivity index (χ4n) is 3.52. The summed E-state index contributed by atoms with van der Waals surface area (Å²) in [5.74, 6) is 3.01. The van der Waals surface area contributed by atoms with Crippen molar-refractivity contribution in [1.82, 2.24) is 19.5 Å². The summed E-state index contributed by atoms with van der Waals surface area (Å²) < 4.78 is 7.66. The van der Waals surface area contributed by atoms with Crippen LogP contribution >= 0.6 is 0 Å². The number of aryl methyl sites for hydroxylation is 1. The van der Waals surface area contributed by atoms with Gasteiger partial charge in [-0.2, -0.15) is 4.98 Å². The SMILES string of the molecule is Cc1nc(Oc2ccc(NC(=O)CC3CCCC3)cc2)cc(-n2ccnc2)n1. The Balaban J connectivity index is 1.40. The Morgan fingerprint density at radius 2 is 2.00 bits per heavy atom. The van der Waals surface area contributed by atoms with Crippen molar-refractivity contribution in [3.63, 3.8) is 0 Å². The Labute approximate surface area is 163 Å². The van der Waals surface area contributed by atoms with E-state index >= 15 is 0 Å². The lowest BCUT2D eigenvalue weighted by molar-refractivity contribution is -0.117. The van der Waals surface area contributed by atoms with Crippen LogP contribution in [0.2, 0.25) is 0 Å². The maximum Gasteiger partial charge on any atom is 0.224 e. The van der Waals surface area contributed by atoms with Gasteiger partial charge in [0.15, 0.2) is 0 Å². The lowest BCUT2D eigenvalue weighted by Crippen LogP contribution is -2.14. The number of amides is 1. The first-order chi connectivity index (χ1) is 13.7. The van der Waals surface area contributed by atoms with Crippen LogP contribution in [0, 0.1) is 12.8 Å². The summed E-state index contributed by atoms with van der Waals surface area (Å²) >= 11 is 0. The number of carbonyl (C=O) groups is 1. The van der Waals surface area contributed by atoms with E-state index in [4.69, 9.17) is 4.74 Å². The highest BCUT2D eigenvalue weighted by Gasteiger charge is 2.18. The van der Waals surface area contributed by atoms with Gasteiger partial charge in [-0.05, 0) is 49.9 Å². The molecule has 28 heavy (non-hydrogen) atoms. The lowest BCUT2D eigenvalue weighted by atomic mass is 10.0. The topological polar surface area (TPSA) is 81.9 Å². The number of rotatable bonds is 6. The van der Waals surface area contributed by atoms with E-state index in [-0.39, 0.29) is 5.91 Å². The predicted molar refractivity (Wildman–Crippen MR) is 106 cm³/mol. The zero-order valence-electron chi connectivity index (χ0n) is 15.8. The van der Waals surface area contributed by atoms with Crippen molar-refractivity contribution in [3.8, 4) is 17.4 Å². The number of imidazole rings is 1. The molecule has 144 valence electrons. The van der Waals surface area contributed by atoms with Gasteiger partial charge in [-0.25, -0.2) is 9.97 Å². The number of ether oxygens (including phenoxy) is 1. The minimum atomic E-state index is 0.0805. The molecular weight excluding hydrogens is 354 g/mol. The van der Waals surface area contributed by atoms with E-state index in [0.717, 1.165) is 5.69 Å². The van der Waals surface area contributed by atoms with Crippen molar-refractivity contribution in [2.24, 2.45) is 5.92 Å². The van der Waals surface area contributed by atoms with E-state index < -0.39 is 0 Å². The van der Waals surface area contributed by atoms with Crippen LogP contribution in [0.5, 0.6) is 11.6 Å². The van der Waals surface area contributed by atoms with Gasteiger partial charge in [0.25, 0.3) is 0 Å². The number of nitrogens with one attached hydrogen (secondary N) is 1. The molecule has 0 saturated heterocycles. The van der Waals surface area contributed by atoms with Gasteiger partial charge in [0.2, 0.25) is 11.8 Å². The monoisotopic (exact) mass is 377 g/mol. The van der Waals surface area contributed by atoms with Crippen molar-refractivity contribution < 1.29 is 9.53 Å². The molecule has 4 rings (SSSR count). The second kappa shape index (κ2) is 8.21. The van der Waals surface area contributed by atoms with Crippen LogP contribution in [-0.2, 0) is 4.79 Å². The molecule has 0 aliphatic heterocycles. The van der Waals surface area contributed by atoms with Gasteiger partial charge in [-0.3, -0.25) is 9.36 Å². The summed E-state index contributed by atoms with van der Waals surface area (Å²) in [4.78, 5) is 24.9. The zero-order chi connectivity index (χ0) is 19.3. The molecule has 2 aromatic heterocycles. The van der Waals surface area contributed by atoms with Crippen LogP contribution in [0.25, 0.3) is 5.82 Å². The summed E-state index contributed by atoms with van der Waals surface area (Å²) in [6, 6.07) is 9.07. The predicted octanol–water partition coefficient (Wildman–Crippen LogP) is 4.28. The highest BCUT2D eigenvalue weighted by molar-refractivity contribution is 5.90. The van der Waals surface area contributed by atoms with Crippen LogP contribution in [0.1, 0.15) is 37.9 Å². The van der Waals surface area contributed by atoms with Gasteiger partial charge >= 0.3 is 0 Å². The second-order valence-corrected chi connectivity index (χ2v) is 7.11. The van der Waals surface area contributed by atoms with Crippen LogP contribution < -0.4 is 10.1 Å². The molecule has 0 radical (unpaired) electrons. The van der Waals surface area contributed by atoms with Crippen molar-refractivity contribution >= 4 is 11.6 Å². The Morgan fingerprint density at radius 1 is 1.21 bits per heavy atom. The van der Waals surface area contributed by atoms with Crippen LogP contribution in [0.4, 0.5) is 5.69 Å². The Morgan fingerprint density at radius 3 is 2.71 bits per heavy atom. The molecule has 0 bridgehead atoms. The molecule has 0 spiro atoms. The van der Waals surface area contributed by atoms with Gasteiger partial charge in [0, 0.05) is 30.6 Å². The van der Waals surface area contributed by atoms with Crippen molar-refractivity contribution in [3.05, 3.63) is 54.9 Å². The quantitative estimate of drug-likeness (QED) is 0.693. The normalized spacial score (nSPS) is 14.2. The number of benzene rings is 1. The Kier molecular flexibility index (Phi) is 5.32. The molecule has 1 aliphatic carbocycles. The van der Waals surface area contributed by atoms with Gasteiger partial charge in [-0.15, -0.1) is 0 Å². The minimum Gasteiger partial charge on any atom is -0.439 e. The Bertz CT molecular complexity index is 932. The van der Waals surface area contributed by atoms with Gasteiger partial charge < -0.3 is 10.1 Å². The molecule has 1 aromatic carbocycles. The third-order valence-corrected chi connectivity index (χ3v) is 4.88. The molecule has 1 N–H and O–H groups in total. The molecule has 1 aliphatic rings. The molecule has 1 fully saturated rings. The average Bonchev–Trinajstić information content (AvgIpc) is 3.37. The van der Waals surface area contributed by atoms with Crippen molar-refractivity contribution in [1.29, 1.82) is 0 Å². The standard InChI is InChI=1S/C21H23N5O2/c1-15-23-19(26-11-10-22-14-26)13-21(24-15)28-18-8-6-17(7-9-18)25-20(27)12-16-4-2-3-5-16/h6-11,13-14,16H,2-5,12H2,1H3,(H,25,27). The second-order valence-electron chi connectivity index (χ2n) is 7.11. The molecular formula is C21H23N5O2. The molecule has 0 atom stereocenters. The summed E-state index contributed by atoms with van der Waals surface area (Å²) in [6.45, 7) is 1.82. The number of hydrogen-bond acceptors (Lipinski definition) is 5. The molecule has 7 heteroatoms. The van der Waals surface area contributed by atoms with E-state index in [1.807, 2.05) is 37.4 Å². The van der Waals surface area contributed by atoms with Gasteiger partial charge in [0.1, 0.15) is 23.7 Å². The number of carbonyl (C=O) groups excluding carboxylic acids is 1. The first-order valence-corrected chi connectivity index (χ1v) is 9.57. The largest absolute Gasteiger partial charge is 0.439 e. The fourth-order valence-corrected chi connectivity index (χ4v) is 3.52. The van der Waals surface area contributed by atoms with E-state index in [1.165, 1.54) is 25.7 Å². The number of hydrogen-bond donors (Lipinski definition) is 1. The van der Waals surface area contributed by atoms with E-state index in [9.17, 15) is 4.79 Å². The first-order valence-electron chi connectivity index (χ1n) is 9.57. The maximum atomic E-state index is 12.2. The highest BCUT2D eigenvalue weighted by atomic mass is 16.5. The third kappa shape index (κ3) is 4.54. The highest BCUT2D eigenvalue weighted by Crippen LogP contribution is 2.28. The first kappa shape index (κ1) is 18.2. The van der Waals surface area contributed by atoms with Crippen LogP contribution in [0.15, 0.2) is 49.1 Å². The van der Waals surface area contributed by atoms with E-state index in [1.54, 1.807) is 23.2 Å². The summed E-state index contributed by atoms with van der Waals surface area (Å²) in [5.41, 5.74) is 0.772. The lowest BCUT2D eigenvalue weighted by Gasteiger charge is -2.11. The number of anilines is 1. The average molecular weight is 377 g/mol. The smallest absolute Gasteiger partial charge is 0.224 e. The van der Waals surface area contributed by atoms with Gasteiger partial charge in [0.05, 0.1) is 0 Å². The van der Waals surface area contributed by atoms with Crippen LogP contribution in [-0.4, -0.2) is 25.4 Å². The van der Waals surface area contributed by atoms with E-state index in [0.29, 0.717) is 35.6 Å². The fraction of sp³-hybridized carbons (Fsp3) is 0.333. The summed E-state index contributed by atoms with van der Waals surface area (Å²) in [5, 5.41) is 2.97. The zero-order valence-corrected chi connectivity index (χ0v) is 15.8. The van der Waals surface area contributed by atoms with Gasteiger partial charge in [-0.1, -0.05) is 12.8 Å². The molecule has 1 saturated carbocycles. The van der Waals surface area contributed by atoms with E-state index in [2.05, 4.69) is 20.3 Å². The maximum absolute atomic E-state index is 12.2. The summed E-state index contributed by atoms with van der Waals surface area (Å²) in [6.07, 6.45) is 10.6. The molecule has 3 aromatic rings. The van der Waals surface area contributed by atoms with Crippen LogP contribution in [0.3, 0.4) is 0 Å². The molecule has 0 unspecified atom stereocenters. The Hall–Kier alpha value is -3.22. The summed E-state index contributed by atoms with van der Waals surface area (Å²) in [7, 11) is 0. The third-order valence-electron chi connectivity index (χ3n) is 4.88. The number of aromatic nitrogens is 4. The van der Waals surface area contributed by atoms with Crippen molar-refractivity contribution in [2.45, 2.75) is 39.0 Å². The molecule has 2 heterocycles.